The van der Waals surface area contributed by atoms with Crippen LogP contribution in [0.4, 0.5) is 0 Å². The first-order valence-electron chi connectivity index (χ1n) is 13.5. The third-order valence-corrected chi connectivity index (χ3v) is 7.16. The number of H-pyrrole nitrogens is 1. The summed E-state index contributed by atoms with van der Waals surface area (Å²) in [5.41, 5.74) is 1.38. The Balaban J connectivity index is 1.38. The Labute approximate surface area is 236 Å². The molecule has 11 heteroatoms. The van der Waals surface area contributed by atoms with Crippen molar-refractivity contribution in [3.63, 3.8) is 0 Å². The van der Waals surface area contributed by atoms with Crippen molar-refractivity contribution in [2.24, 2.45) is 0 Å². The largest absolute Gasteiger partial charge is 0.493 e. The van der Waals surface area contributed by atoms with E-state index >= 15 is 0 Å². The molecule has 0 aliphatic carbocycles. The third-order valence-electron chi connectivity index (χ3n) is 7.16. The lowest BCUT2D eigenvalue weighted by Crippen LogP contribution is -2.59. The highest BCUT2D eigenvalue weighted by atomic mass is 16.5. The molecule has 0 radical (unpaired) electrons. The number of ether oxygens (including phenoxy) is 3. The maximum absolute atomic E-state index is 13.2. The summed E-state index contributed by atoms with van der Waals surface area (Å²) in [5, 5.41) is 5.90. The Morgan fingerprint density at radius 2 is 1.80 bits per heavy atom. The van der Waals surface area contributed by atoms with Gasteiger partial charge >= 0.3 is 0 Å². The maximum Gasteiger partial charge on any atom is 0.260 e. The molecule has 4 bridgehead atoms. The summed E-state index contributed by atoms with van der Waals surface area (Å²) in [5.74, 6) is 0.548. The van der Waals surface area contributed by atoms with Crippen LogP contribution in [0.5, 0.6) is 17.2 Å². The number of rotatable bonds is 2. The van der Waals surface area contributed by atoms with Crippen LogP contribution in [0.2, 0.25) is 0 Å². The molecule has 41 heavy (non-hydrogen) atoms. The van der Waals surface area contributed by atoms with Gasteiger partial charge in [0.1, 0.15) is 17.4 Å². The highest BCUT2D eigenvalue weighted by molar-refractivity contribution is 5.94. The van der Waals surface area contributed by atoms with Gasteiger partial charge in [-0.05, 0) is 53.9 Å². The fourth-order valence-electron chi connectivity index (χ4n) is 4.94. The zero-order valence-corrected chi connectivity index (χ0v) is 22.7. The van der Waals surface area contributed by atoms with Crippen LogP contribution in [-0.2, 0) is 22.6 Å². The molecule has 3 N–H and O–H groups in total. The molecule has 0 unspecified atom stereocenters. The topological polar surface area (TPSA) is 139 Å². The van der Waals surface area contributed by atoms with Crippen molar-refractivity contribution in [2.75, 3.05) is 26.8 Å². The average molecular weight is 561 g/mol. The van der Waals surface area contributed by atoms with Crippen molar-refractivity contribution >= 4 is 17.7 Å². The Morgan fingerprint density at radius 3 is 2.59 bits per heavy atom. The molecule has 214 valence electrons. The third kappa shape index (κ3) is 6.86. The van der Waals surface area contributed by atoms with E-state index in [0.717, 1.165) is 11.1 Å². The molecule has 1 saturated heterocycles. The second-order valence-electron chi connectivity index (χ2n) is 9.98. The Morgan fingerprint density at radius 1 is 1.00 bits per heavy atom. The van der Waals surface area contributed by atoms with Gasteiger partial charge in [0.2, 0.25) is 5.91 Å². The van der Waals surface area contributed by atoms with Crippen LogP contribution >= 0.6 is 0 Å². The molecule has 8 rings (SSSR count). The van der Waals surface area contributed by atoms with Crippen LogP contribution in [0, 0.1) is 0 Å². The van der Waals surface area contributed by atoms with Crippen molar-refractivity contribution in [3.05, 3.63) is 87.8 Å². The van der Waals surface area contributed by atoms with E-state index in [4.69, 9.17) is 14.2 Å². The number of carbonyl (C=O) groups is 3. The SMILES string of the molecule is COc1cc2ccc1OCC(=O)N[C@@H]1CN(C(=O)c3ccc[nH]c3=O)CC[C@H]1Oc1ccc(cc1)CNC(=O)CC2. The number of aromatic amines is 1. The van der Waals surface area contributed by atoms with Crippen molar-refractivity contribution < 1.29 is 28.6 Å². The lowest BCUT2D eigenvalue weighted by atomic mass is 10.0. The quantitative estimate of drug-likeness (QED) is 0.434. The first-order chi connectivity index (χ1) is 19.9. The van der Waals surface area contributed by atoms with Gasteiger partial charge in [-0.25, -0.2) is 0 Å². The molecular formula is C30H32N4O7. The zero-order valence-electron chi connectivity index (χ0n) is 22.7. The standard InChI is InChI=1S/C30H32N4O7/c1-39-26-15-19-6-10-25(26)40-18-28(36)33-23-17-34(30(38)22-3-2-13-31-29(22)37)14-12-24(23)41-21-8-4-20(5-9-21)16-32-27(35)11-7-19/h2-6,8-10,13,15,23-24H,7,11-12,14,16-18H2,1H3,(H,31,37)(H,32,35)(H,33,36)/t23-,24-/m1/s1. The van der Waals surface area contributed by atoms with E-state index in [0.29, 0.717) is 49.6 Å². The summed E-state index contributed by atoms with van der Waals surface area (Å²) in [4.78, 5) is 54.9. The van der Waals surface area contributed by atoms with Gasteiger partial charge in [0.25, 0.3) is 17.4 Å². The van der Waals surface area contributed by atoms with Gasteiger partial charge in [-0.2, -0.15) is 0 Å². The normalized spacial score (nSPS) is 19.7. The van der Waals surface area contributed by atoms with E-state index in [-0.39, 0.29) is 24.6 Å². The molecule has 1 aromatic heterocycles. The predicted molar refractivity (Wildman–Crippen MR) is 149 cm³/mol. The minimum Gasteiger partial charge on any atom is -0.493 e. The lowest BCUT2D eigenvalue weighted by Gasteiger charge is -2.38. The van der Waals surface area contributed by atoms with Gasteiger partial charge < -0.3 is 34.7 Å². The summed E-state index contributed by atoms with van der Waals surface area (Å²) in [6.45, 7) is 0.579. The van der Waals surface area contributed by atoms with E-state index < -0.39 is 29.5 Å². The van der Waals surface area contributed by atoms with Gasteiger partial charge in [-0.15, -0.1) is 0 Å². The Hall–Kier alpha value is -4.80. The number of hydrogen-bond donors (Lipinski definition) is 3. The number of benzene rings is 2. The molecule has 0 saturated carbocycles. The van der Waals surface area contributed by atoms with Gasteiger partial charge in [0.05, 0.1) is 13.2 Å². The number of aryl methyl sites for hydroxylation is 1. The van der Waals surface area contributed by atoms with Crippen LogP contribution in [0.3, 0.4) is 0 Å². The summed E-state index contributed by atoms with van der Waals surface area (Å²) in [6, 6.07) is 15.2. The molecule has 2 aromatic carbocycles. The Bertz CT molecular complexity index is 1470. The number of nitrogens with one attached hydrogen (secondary N) is 3. The minimum absolute atomic E-state index is 0.0339. The van der Waals surface area contributed by atoms with E-state index in [9.17, 15) is 19.2 Å². The molecule has 1 fully saturated rings. The number of methoxy groups -OCH3 is 1. The first-order valence-corrected chi connectivity index (χ1v) is 13.5. The van der Waals surface area contributed by atoms with Crippen molar-refractivity contribution in [1.82, 2.24) is 20.5 Å². The second-order valence-corrected chi connectivity index (χ2v) is 9.98. The number of carbonyl (C=O) groups excluding carboxylic acids is 3. The lowest BCUT2D eigenvalue weighted by molar-refractivity contribution is -0.125. The van der Waals surface area contributed by atoms with Gasteiger partial charge in [-0.1, -0.05) is 18.2 Å². The highest BCUT2D eigenvalue weighted by Crippen LogP contribution is 2.29. The van der Waals surface area contributed by atoms with Gasteiger partial charge in [0.15, 0.2) is 18.1 Å². The molecule has 3 amide bonds. The number of nitrogens with zero attached hydrogens (tertiary/aromatic N) is 1. The van der Waals surface area contributed by atoms with Crippen molar-refractivity contribution in [1.29, 1.82) is 0 Å². The van der Waals surface area contributed by atoms with Crippen LogP contribution in [0.1, 0.15) is 34.3 Å². The Kier molecular flexibility index (Phi) is 8.52. The van der Waals surface area contributed by atoms with Crippen LogP contribution < -0.4 is 30.4 Å². The first kappa shape index (κ1) is 27.8. The molecule has 6 heterocycles. The number of piperidine rings is 1. The number of pyridine rings is 1. The average Bonchev–Trinajstić information content (AvgIpc) is 2.99. The van der Waals surface area contributed by atoms with Gasteiger partial charge in [-0.3, -0.25) is 19.2 Å². The number of likely N-dealkylation sites (tertiary alicyclic amines) is 1. The summed E-state index contributed by atoms with van der Waals surface area (Å²) >= 11 is 0. The molecule has 0 spiro atoms. The molecule has 11 nitrogen and oxygen atoms in total. The fourth-order valence-corrected chi connectivity index (χ4v) is 4.94. The molecule has 2 atom stereocenters. The van der Waals surface area contributed by atoms with Crippen molar-refractivity contribution in [3.8, 4) is 17.2 Å². The number of hydrogen-bond acceptors (Lipinski definition) is 7. The molecule has 5 aliphatic heterocycles. The van der Waals surface area contributed by atoms with Crippen molar-refractivity contribution in [2.45, 2.75) is 38.0 Å². The summed E-state index contributed by atoms with van der Waals surface area (Å²) < 4.78 is 17.5. The van der Waals surface area contributed by atoms with E-state index in [1.165, 1.54) is 19.4 Å². The van der Waals surface area contributed by atoms with Crippen LogP contribution in [0.25, 0.3) is 0 Å². The minimum atomic E-state index is -0.569. The fraction of sp³-hybridized carbons (Fsp3) is 0.333. The summed E-state index contributed by atoms with van der Waals surface area (Å²) in [7, 11) is 1.51. The maximum atomic E-state index is 13.2. The monoisotopic (exact) mass is 560 g/mol. The predicted octanol–water partition coefficient (Wildman–Crippen LogP) is 1.80. The van der Waals surface area contributed by atoms with Gasteiger partial charge in [0, 0.05) is 38.7 Å². The van der Waals surface area contributed by atoms with E-state index in [1.54, 1.807) is 23.1 Å². The zero-order chi connectivity index (χ0) is 28.8. The van der Waals surface area contributed by atoms with Crippen LogP contribution in [0.15, 0.2) is 65.6 Å². The highest BCUT2D eigenvalue weighted by Gasteiger charge is 2.35. The number of aromatic nitrogens is 1. The molecular weight excluding hydrogens is 528 g/mol. The number of amides is 3. The van der Waals surface area contributed by atoms with E-state index in [1.807, 2.05) is 30.3 Å². The van der Waals surface area contributed by atoms with Crippen LogP contribution in [-0.4, -0.2) is 66.6 Å². The summed E-state index contributed by atoms with van der Waals surface area (Å²) in [6.07, 6.45) is 2.28. The smallest absolute Gasteiger partial charge is 0.260 e. The molecule has 5 aliphatic rings. The molecule has 3 aromatic rings. The second kappa shape index (κ2) is 12.6. The van der Waals surface area contributed by atoms with E-state index in [2.05, 4.69) is 15.6 Å².